The van der Waals surface area contributed by atoms with Gasteiger partial charge in [-0.2, -0.15) is 0 Å². The summed E-state index contributed by atoms with van der Waals surface area (Å²) in [7, 11) is 0. The first-order valence-corrected chi connectivity index (χ1v) is 5.96. The zero-order chi connectivity index (χ0) is 13.5. The molecule has 0 aliphatic heterocycles. The van der Waals surface area contributed by atoms with E-state index < -0.39 is 6.10 Å². The molecule has 108 valence electrons. The van der Waals surface area contributed by atoms with Crippen LogP contribution in [0.25, 0.3) is 0 Å². The highest BCUT2D eigenvalue weighted by Crippen LogP contribution is 2.18. The van der Waals surface area contributed by atoms with Crippen LogP contribution in [0.15, 0.2) is 24.3 Å². The maximum Gasteiger partial charge on any atom is 0.221 e. The summed E-state index contributed by atoms with van der Waals surface area (Å²) in [5.74, 6) is -0.466. The molecule has 1 aromatic carbocycles. The van der Waals surface area contributed by atoms with Crippen molar-refractivity contribution in [2.75, 3.05) is 6.54 Å². The molecule has 2 unspecified atom stereocenters. The van der Waals surface area contributed by atoms with Crippen LogP contribution in [-0.4, -0.2) is 23.6 Å². The maximum absolute atomic E-state index is 12.7. The van der Waals surface area contributed by atoms with E-state index in [9.17, 15) is 14.3 Å². The lowest BCUT2D eigenvalue weighted by molar-refractivity contribution is -0.121. The second-order valence-corrected chi connectivity index (χ2v) is 4.31. The van der Waals surface area contributed by atoms with Gasteiger partial charge in [-0.25, -0.2) is 4.39 Å². The molecule has 0 saturated heterocycles. The van der Waals surface area contributed by atoms with Crippen molar-refractivity contribution in [3.05, 3.63) is 35.6 Å². The Kier molecular flexibility index (Phi) is 8.30. The van der Waals surface area contributed by atoms with E-state index in [1.165, 1.54) is 24.3 Å². The monoisotopic (exact) mass is 290 g/mol. The minimum atomic E-state index is -0.723. The van der Waals surface area contributed by atoms with Crippen molar-refractivity contribution in [2.24, 2.45) is 5.73 Å². The number of aliphatic hydroxyl groups excluding tert-OH is 1. The highest BCUT2D eigenvalue weighted by atomic mass is 35.5. The summed E-state index contributed by atoms with van der Waals surface area (Å²) in [6.45, 7) is 2.11. The van der Waals surface area contributed by atoms with E-state index in [4.69, 9.17) is 5.73 Å². The Balaban J connectivity index is 0.00000324. The van der Waals surface area contributed by atoms with E-state index in [1.54, 1.807) is 6.92 Å². The second kappa shape index (κ2) is 8.85. The zero-order valence-electron chi connectivity index (χ0n) is 10.8. The van der Waals surface area contributed by atoms with Gasteiger partial charge in [-0.3, -0.25) is 4.79 Å². The lowest BCUT2D eigenvalue weighted by Crippen LogP contribution is -2.34. The van der Waals surface area contributed by atoms with E-state index in [0.29, 0.717) is 18.5 Å². The van der Waals surface area contributed by atoms with E-state index >= 15 is 0 Å². The quantitative estimate of drug-likeness (QED) is 0.744. The molecule has 4 N–H and O–H groups in total. The van der Waals surface area contributed by atoms with Gasteiger partial charge in [0, 0.05) is 19.0 Å². The van der Waals surface area contributed by atoms with Gasteiger partial charge >= 0.3 is 0 Å². The van der Waals surface area contributed by atoms with Gasteiger partial charge in [0.2, 0.25) is 5.91 Å². The Morgan fingerprint density at radius 1 is 1.42 bits per heavy atom. The molecule has 0 aliphatic rings. The minimum Gasteiger partial charge on any atom is -0.388 e. The Hall–Kier alpha value is -1.17. The van der Waals surface area contributed by atoms with Gasteiger partial charge in [-0.05, 0) is 31.0 Å². The number of rotatable bonds is 6. The molecule has 1 aromatic rings. The van der Waals surface area contributed by atoms with Crippen molar-refractivity contribution >= 4 is 18.3 Å². The number of aliphatic hydroxyl groups is 1. The molecule has 0 aliphatic carbocycles. The smallest absolute Gasteiger partial charge is 0.221 e. The summed E-state index contributed by atoms with van der Waals surface area (Å²) in [5.41, 5.74) is 5.90. The van der Waals surface area contributed by atoms with Crippen molar-refractivity contribution in [1.29, 1.82) is 0 Å². The first-order valence-electron chi connectivity index (χ1n) is 5.96. The first-order chi connectivity index (χ1) is 8.52. The topological polar surface area (TPSA) is 75.3 Å². The lowest BCUT2D eigenvalue weighted by atomic mass is 10.0. The van der Waals surface area contributed by atoms with Crippen molar-refractivity contribution in [3.8, 4) is 0 Å². The molecular weight excluding hydrogens is 271 g/mol. The number of amides is 1. The SMILES string of the molecule is CC(CC(O)c1ccc(F)cc1)NC(=O)CCN.Cl. The van der Waals surface area contributed by atoms with Crippen LogP contribution >= 0.6 is 12.4 Å². The Labute approximate surface area is 118 Å². The number of hydrogen-bond acceptors (Lipinski definition) is 3. The number of hydrogen-bond donors (Lipinski definition) is 3. The summed E-state index contributed by atoms with van der Waals surface area (Å²) in [5, 5.41) is 12.7. The third kappa shape index (κ3) is 6.52. The highest BCUT2D eigenvalue weighted by Gasteiger charge is 2.14. The largest absolute Gasteiger partial charge is 0.388 e. The molecule has 19 heavy (non-hydrogen) atoms. The molecule has 1 rings (SSSR count). The first kappa shape index (κ1) is 17.8. The third-order valence-electron chi connectivity index (χ3n) is 2.61. The van der Waals surface area contributed by atoms with E-state index in [1.807, 2.05) is 0 Å². The fourth-order valence-electron chi connectivity index (χ4n) is 1.69. The molecule has 6 heteroatoms. The van der Waals surface area contributed by atoms with Crippen molar-refractivity contribution < 1.29 is 14.3 Å². The van der Waals surface area contributed by atoms with E-state index in [2.05, 4.69) is 5.32 Å². The summed E-state index contributed by atoms with van der Waals surface area (Å²) in [6.07, 6.45) is -0.0716. The average molecular weight is 291 g/mol. The molecule has 0 fully saturated rings. The molecule has 1 amide bonds. The van der Waals surface area contributed by atoms with Crippen LogP contribution in [0.5, 0.6) is 0 Å². The predicted octanol–water partition coefficient (Wildman–Crippen LogP) is 1.52. The van der Waals surface area contributed by atoms with Gasteiger partial charge in [-0.15, -0.1) is 12.4 Å². The Morgan fingerprint density at radius 2 is 2.00 bits per heavy atom. The van der Waals surface area contributed by atoms with Crippen LogP contribution in [0.2, 0.25) is 0 Å². The Bertz CT molecular complexity index is 387. The number of carbonyl (C=O) groups is 1. The van der Waals surface area contributed by atoms with Gasteiger partial charge in [-0.1, -0.05) is 12.1 Å². The number of nitrogens with one attached hydrogen (secondary N) is 1. The van der Waals surface area contributed by atoms with Crippen LogP contribution in [0, 0.1) is 5.82 Å². The van der Waals surface area contributed by atoms with Crippen LogP contribution in [0.4, 0.5) is 4.39 Å². The molecular formula is C13H20ClFN2O2. The number of nitrogens with two attached hydrogens (primary N) is 1. The number of benzene rings is 1. The Morgan fingerprint density at radius 3 is 2.53 bits per heavy atom. The number of carbonyl (C=O) groups excluding carboxylic acids is 1. The van der Waals surface area contributed by atoms with Gasteiger partial charge in [0.15, 0.2) is 0 Å². The van der Waals surface area contributed by atoms with E-state index in [0.717, 1.165) is 0 Å². The zero-order valence-corrected chi connectivity index (χ0v) is 11.6. The van der Waals surface area contributed by atoms with Crippen molar-refractivity contribution in [1.82, 2.24) is 5.32 Å². The van der Waals surface area contributed by atoms with Crippen LogP contribution in [0.1, 0.15) is 31.4 Å². The predicted molar refractivity (Wildman–Crippen MR) is 74.5 cm³/mol. The minimum absolute atomic E-state index is 0. The lowest BCUT2D eigenvalue weighted by Gasteiger charge is -2.18. The molecule has 0 radical (unpaired) electrons. The maximum atomic E-state index is 12.7. The fourth-order valence-corrected chi connectivity index (χ4v) is 1.69. The van der Waals surface area contributed by atoms with Gasteiger partial charge in [0.05, 0.1) is 6.10 Å². The van der Waals surface area contributed by atoms with Crippen LogP contribution in [-0.2, 0) is 4.79 Å². The average Bonchev–Trinajstić information content (AvgIpc) is 2.29. The molecule has 0 spiro atoms. The van der Waals surface area contributed by atoms with E-state index in [-0.39, 0.29) is 36.6 Å². The molecule has 0 aromatic heterocycles. The standard InChI is InChI=1S/C13H19FN2O2.ClH/c1-9(16-13(18)6-7-15)8-12(17)10-2-4-11(14)5-3-10;/h2-5,9,12,17H,6-8,15H2,1H3,(H,16,18);1H. The fraction of sp³-hybridized carbons (Fsp3) is 0.462. The third-order valence-corrected chi connectivity index (χ3v) is 2.61. The summed E-state index contributed by atoms with van der Waals surface area (Å²) in [6, 6.07) is 5.51. The van der Waals surface area contributed by atoms with Crippen LogP contribution in [0.3, 0.4) is 0 Å². The van der Waals surface area contributed by atoms with Crippen molar-refractivity contribution in [2.45, 2.75) is 31.9 Å². The van der Waals surface area contributed by atoms with Gasteiger partial charge in [0.1, 0.15) is 5.82 Å². The molecule has 0 bridgehead atoms. The molecule has 0 saturated carbocycles. The summed E-state index contributed by atoms with van der Waals surface area (Å²) < 4.78 is 12.7. The summed E-state index contributed by atoms with van der Waals surface area (Å²) in [4.78, 5) is 11.3. The summed E-state index contributed by atoms with van der Waals surface area (Å²) >= 11 is 0. The van der Waals surface area contributed by atoms with Gasteiger partial charge in [0.25, 0.3) is 0 Å². The highest BCUT2D eigenvalue weighted by molar-refractivity contribution is 5.85. The molecule has 2 atom stereocenters. The number of halogens is 2. The van der Waals surface area contributed by atoms with Crippen LogP contribution < -0.4 is 11.1 Å². The van der Waals surface area contributed by atoms with Gasteiger partial charge < -0.3 is 16.2 Å². The second-order valence-electron chi connectivity index (χ2n) is 4.31. The molecule has 0 heterocycles. The van der Waals surface area contributed by atoms with Crippen molar-refractivity contribution in [3.63, 3.8) is 0 Å². The normalized spacial score (nSPS) is 13.3. The molecule has 4 nitrogen and oxygen atoms in total.